The van der Waals surface area contributed by atoms with Gasteiger partial charge in [-0.3, -0.25) is 10.1 Å². The number of hydrogen-bond donors (Lipinski definition) is 1. The normalized spacial score (nSPS) is 17.9. The summed E-state index contributed by atoms with van der Waals surface area (Å²) >= 11 is 0. The van der Waals surface area contributed by atoms with Crippen LogP contribution in [0.15, 0.2) is 24.3 Å². The summed E-state index contributed by atoms with van der Waals surface area (Å²) < 4.78 is 5.27. The van der Waals surface area contributed by atoms with Gasteiger partial charge in [-0.05, 0) is 19.0 Å². The van der Waals surface area contributed by atoms with Crippen LogP contribution in [0.2, 0.25) is 0 Å². The first-order valence-corrected chi connectivity index (χ1v) is 7.20. The molecule has 0 atom stereocenters. The second-order valence-electron chi connectivity index (χ2n) is 5.75. The molecule has 0 spiro atoms. The molecule has 1 aliphatic heterocycles. The molecule has 0 amide bonds. The average molecular weight is 294 g/mol. The molecule has 0 saturated carbocycles. The molecular weight excluding hydrogens is 272 g/mol. The molecule has 21 heavy (non-hydrogen) atoms. The van der Waals surface area contributed by atoms with E-state index in [0.717, 1.165) is 18.5 Å². The predicted octanol–water partition coefficient (Wildman–Crippen LogP) is 1.61. The fraction of sp³-hybridized carbons (Fsp3) is 0.600. The van der Waals surface area contributed by atoms with Crippen molar-refractivity contribution in [1.82, 2.24) is 4.90 Å². The predicted molar refractivity (Wildman–Crippen MR) is 79.3 cm³/mol. The average Bonchev–Trinajstić information content (AvgIpc) is 2.46. The molecule has 0 bridgehead atoms. The highest BCUT2D eigenvalue weighted by molar-refractivity contribution is 5.32. The van der Waals surface area contributed by atoms with Crippen molar-refractivity contribution in [2.24, 2.45) is 0 Å². The number of ether oxygens (including phenoxy) is 1. The van der Waals surface area contributed by atoms with Crippen LogP contribution in [0.1, 0.15) is 18.4 Å². The summed E-state index contributed by atoms with van der Waals surface area (Å²) in [7, 11) is 1.98. The first kappa shape index (κ1) is 15.9. The van der Waals surface area contributed by atoms with E-state index >= 15 is 0 Å². The minimum atomic E-state index is -0.650. The summed E-state index contributed by atoms with van der Waals surface area (Å²) in [6.07, 6.45) is 2.16. The van der Waals surface area contributed by atoms with E-state index in [0.29, 0.717) is 32.6 Å². The molecule has 0 radical (unpaired) electrons. The lowest BCUT2D eigenvalue weighted by Crippen LogP contribution is -2.46. The zero-order valence-electron chi connectivity index (χ0n) is 12.3. The van der Waals surface area contributed by atoms with Gasteiger partial charge in [0.1, 0.15) is 0 Å². The maximum absolute atomic E-state index is 10.6. The molecule has 1 aromatic rings. The lowest BCUT2D eigenvalue weighted by Gasteiger charge is -2.35. The number of hydrogen-bond acceptors (Lipinski definition) is 5. The van der Waals surface area contributed by atoms with Crippen LogP contribution in [-0.2, 0) is 11.2 Å². The van der Waals surface area contributed by atoms with E-state index in [2.05, 4.69) is 4.90 Å². The number of likely N-dealkylation sites (N-methyl/N-ethyl adjacent to an activating group) is 1. The molecular formula is C15H22N2O4. The lowest BCUT2D eigenvalue weighted by atomic mass is 9.94. The maximum Gasteiger partial charge on any atom is 0.269 e. The van der Waals surface area contributed by atoms with E-state index in [-0.39, 0.29) is 5.69 Å². The summed E-state index contributed by atoms with van der Waals surface area (Å²) in [5, 5.41) is 21.0. The van der Waals surface area contributed by atoms with Gasteiger partial charge < -0.3 is 14.7 Å². The molecule has 2 rings (SSSR count). The Labute approximate surface area is 124 Å². The Kier molecular flexibility index (Phi) is 5.27. The van der Waals surface area contributed by atoms with Crippen LogP contribution < -0.4 is 0 Å². The van der Waals surface area contributed by atoms with Gasteiger partial charge in [-0.25, -0.2) is 0 Å². The maximum atomic E-state index is 10.6. The number of nitrogens with zero attached hydrogens (tertiary/aromatic N) is 2. The van der Waals surface area contributed by atoms with Crippen molar-refractivity contribution in [3.05, 3.63) is 39.9 Å². The number of nitro groups is 1. The monoisotopic (exact) mass is 294 g/mol. The van der Waals surface area contributed by atoms with E-state index in [1.54, 1.807) is 12.1 Å². The number of aliphatic hydroxyl groups is 1. The first-order chi connectivity index (χ1) is 9.98. The molecule has 6 nitrogen and oxygen atoms in total. The highest BCUT2D eigenvalue weighted by Gasteiger charge is 2.30. The fourth-order valence-corrected chi connectivity index (χ4v) is 2.60. The van der Waals surface area contributed by atoms with Crippen molar-refractivity contribution < 1.29 is 14.8 Å². The van der Waals surface area contributed by atoms with Crippen LogP contribution in [0.5, 0.6) is 0 Å². The largest absolute Gasteiger partial charge is 0.388 e. The van der Waals surface area contributed by atoms with E-state index < -0.39 is 10.5 Å². The zero-order chi connectivity index (χ0) is 15.3. The van der Waals surface area contributed by atoms with Gasteiger partial charge in [0.05, 0.1) is 10.5 Å². The Morgan fingerprint density at radius 1 is 1.33 bits per heavy atom. The van der Waals surface area contributed by atoms with Gasteiger partial charge in [-0.1, -0.05) is 12.1 Å². The Morgan fingerprint density at radius 3 is 2.52 bits per heavy atom. The van der Waals surface area contributed by atoms with Crippen LogP contribution >= 0.6 is 0 Å². The van der Waals surface area contributed by atoms with E-state index in [4.69, 9.17) is 4.74 Å². The third-order valence-corrected chi connectivity index (χ3v) is 3.92. The molecule has 1 saturated heterocycles. The van der Waals surface area contributed by atoms with E-state index in [1.165, 1.54) is 12.1 Å². The van der Waals surface area contributed by atoms with Crippen molar-refractivity contribution in [3.63, 3.8) is 0 Å². The third-order valence-electron chi connectivity index (χ3n) is 3.92. The molecule has 1 aromatic carbocycles. The minimum Gasteiger partial charge on any atom is -0.388 e. The van der Waals surface area contributed by atoms with Crippen molar-refractivity contribution in [1.29, 1.82) is 0 Å². The smallest absolute Gasteiger partial charge is 0.269 e. The molecule has 1 N–H and O–H groups in total. The van der Waals surface area contributed by atoms with Crippen LogP contribution in [0.25, 0.3) is 0 Å². The van der Waals surface area contributed by atoms with Gasteiger partial charge in [0.25, 0.3) is 5.69 Å². The van der Waals surface area contributed by atoms with Crippen molar-refractivity contribution >= 4 is 5.69 Å². The fourth-order valence-electron chi connectivity index (χ4n) is 2.60. The van der Waals surface area contributed by atoms with Gasteiger partial charge >= 0.3 is 0 Å². The van der Waals surface area contributed by atoms with E-state index in [9.17, 15) is 15.2 Å². The molecule has 1 aliphatic rings. The molecule has 0 aliphatic carbocycles. The summed E-state index contributed by atoms with van der Waals surface area (Å²) in [6, 6.07) is 6.63. The number of benzene rings is 1. The second kappa shape index (κ2) is 6.98. The Morgan fingerprint density at radius 2 is 1.95 bits per heavy atom. The van der Waals surface area contributed by atoms with Crippen molar-refractivity contribution in [2.75, 3.05) is 33.4 Å². The van der Waals surface area contributed by atoms with Crippen LogP contribution in [0.3, 0.4) is 0 Å². The SMILES string of the molecule is CN(CCc1ccc([N+](=O)[O-])cc1)CC1(O)CCOCC1. The van der Waals surface area contributed by atoms with Gasteiger partial charge in [0.15, 0.2) is 0 Å². The number of non-ortho nitro benzene ring substituents is 1. The van der Waals surface area contributed by atoms with Crippen LogP contribution in [0.4, 0.5) is 5.69 Å². The summed E-state index contributed by atoms with van der Waals surface area (Å²) in [5.41, 5.74) is 0.526. The van der Waals surface area contributed by atoms with Gasteiger partial charge in [0.2, 0.25) is 0 Å². The zero-order valence-corrected chi connectivity index (χ0v) is 12.3. The minimum absolute atomic E-state index is 0.114. The van der Waals surface area contributed by atoms with Gasteiger partial charge in [-0.2, -0.15) is 0 Å². The van der Waals surface area contributed by atoms with Gasteiger partial charge in [-0.15, -0.1) is 0 Å². The van der Waals surface area contributed by atoms with Gasteiger partial charge in [0, 0.05) is 51.3 Å². The van der Waals surface area contributed by atoms with Crippen LogP contribution in [0, 0.1) is 10.1 Å². The van der Waals surface area contributed by atoms with Crippen LogP contribution in [-0.4, -0.2) is 53.9 Å². The molecule has 1 fully saturated rings. The highest BCUT2D eigenvalue weighted by Crippen LogP contribution is 2.21. The molecule has 116 valence electrons. The quantitative estimate of drug-likeness (QED) is 0.637. The Balaban J connectivity index is 1.80. The third kappa shape index (κ3) is 4.77. The Hall–Kier alpha value is -1.50. The molecule has 0 aromatic heterocycles. The standard InChI is InChI=1S/C15H22N2O4/c1-16(12-15(18)7-10-21-11-8-15)9-6-13-2-4-14(5-3-13)17(19)20/h2-5,18H,6-12H2,1H3. The molecule has 0 unspecified atom stereocenters. The second-order valence-corrected chi connectivity index (χ2v) is 5.75. The lowest BCUT2D eigenvalue weighted by molar-refractivity contribution is -0.384. The molecule has 1 heterocycles. The topological polar surface area (TPSA) is 75.8 Å². The summed E-state index contributed by atoms with van der Waals surface area (Å²) in [5.74, 6) is 0. The Bertz CT molecular complexity index is 469. The number of nitro benzene ring substituents is 1. The molecule has 6 heteroatoms. The van der Waals surface area contributed by atoms with Crippen molar-refractivity contribution in [3.8, 4) is 0 Å². The van der Waals surface area contributed by atoms with Crippen molar-refractivity contribution in [2.45, 2.75) is 24.9 Å². The number of rotatable bonds is 6. The highest BCUT2D eigenvalue weighted by atomic mass is 16.6. The summed E-state index contributed by atoms with van der Waals surface area (Å²) in [4.78, 5) is 12.3. The summed E-state index contributed by atoms with van der Waals surface area (Å²) in [6.45, 7) is 2.67. The van der Waals surface area contributed by atoms with E-state index in [1.807, 2.05) is 7.05 Å². The first-order valence-electron chi connectivity index (χ1n) is 7.20.